The summed E-state index contributed by atoms with van der Waals surface area (Å²) >= 11 is 0. The van der Waals surface area contributed by atoms with Crippen molar-refractivity contribution in [1.82, 2.24) is 4.90 Å². The summed E-state index contributed by atoms with van der Waals surface area (Å²) in [4.78, 5) is 2.52. The van der Waals surface area contributed by atoms with Crippen LogP contribution in [-0.4, -0.2) is 34.0 Å². The Morgan fingerprint density at radius 2 is 1.19 bits per heavy atom. The average Bonchev–Trinajstić information content (AvgIpc) is 2.93. The van der Waals surface area contributed by atoms with E-state index in [4.69, 9.17) is 0 Å². The van der Waals surface area contributed by atoms with Crippen molar-refractivity contribution in [2.24, 2.45) is 0 Å². The largest absolute Gasteiger partial charge is 0.293 e. The van der Waals surface area contributed by atoms with Gasteiger partial charge in [0.1, 0.15) is 4.75 Å². The van der Waals surface area contributed by atoms with Crippen LogP contribution in [0.2, 0.25) is 0 Å². The van der Waals surface area contributed by atoms with E-state index in [1.165, 1.54) is 0 Å². The Morgan fingerprint density at radius 3 is 1.84 bits per heavy atom. The molecule has 1 aliphatic rings. The van der Waals surface area contributed by atoms with Crippen LogP contribution >= 0.6 is 0 Å². The van der Waals surface area contributed by atoms with E-state index in [1.54, 1.807) is 60.7 Å². The van der Waals surface area contributed by atoms with E-state index in [-0.39, 0.29) is 28.5 Å². The minimum absolute atomic E-state index is 0.0518. The van der Waals surface area contributed by atoms with Crippen molar-refractivity contribution in [2.45, 2.75) is 34.0 Å². The van der Waals surface area contributed by atoms with Gasteiger partial charge in [-0.1, -0.05) is 91.0 Å². The summed E-state index contributed by atoms with van der Waals surface area (Å²) in [6.07, 6.45) is -0.0518. The molecule has 0 N–H and O–H groups in total. The molecule has 5 nitrogen and oxygen atoms in total. The number of rotatable bonds is 8. The van der Waals surface area contributed by atoms with Crippen molar-refractivity contribution < 1.29 is 16.8 Å². The van der Waals surface area contributed by atoms with Gasteiger partial charge in [-0.3, -0.25) is 4.90 Å². The molecule has 0 saturated heterocycles. The normalized spacial score (nSPS) is 18.3. The Labute approximate surface area is 219 Å². The standard InChI is InChI=1S/C30H29NO4S2/c32-36(33,27-15-6-2-7-16-27)21-20-30(37(34,35)28-17-8-3-9-18-28)24-31(22-25-12-4-1-5-13-25)23-26-14-10-11-19-29(26)30/h1-19H,20-24H2. The van der Waals surface area contributed by atoms with Crippen molar-refractivity contribution in [2.75, 3.05) is 12.3 Å². The first kappa shape index (κ1) is 25.4. The van der Waals surface area contributed by atoms with Crippen molar-refractivity contribution in [3.05, 3.63) is 132 Å². The van der Waals surface area contributed by atoms with E-state index >= 15 is 0 Å². The highest BCUT2D eigenvalue weighted by atomic mass is 32.2. The summed E-state index contributed by atoms with van der Waals surface area (Å²) in [6, 6.07) is 34.1. The molecule has 1 atom stereocenters. The molecule has 0 amide bonds. The molecule has 1 unspecified atom stereocenters. The summed E-state index contributed by atoms with van der Waals surface area (Å²) in [7, 11) is -7.68. The molecule has 0 radical (unpaired) electrons. The molecule has 1 heterocycles. The van der Waals surface area contributed by atoms with E-state index in [2.05, 4.69) is 4.90 Å². The highest BCUT2D eigenvalue weighted by Crippen LogP contribution is 2.45. The van der Waals surface area contributed by atoms with Crippen LogP contribution in [-0.2, 0) is 37.5 Å². The lowest BCUT2D eigenvalue weighted by Gasteiger charge is -2.44. The highest BCUT2D eigenvalue weighted by Gasteiger charge is 2.51. The Kier molecular flexibility index (Phi) is 7.03. The van der Waals surface area contributed by atoms with Gasteiger partial charge >= 0.3 is 0 Å². The highest BCUT2D eigenvalue weighted by molar-refractivity contribution is 7.93. The van der Waals surface area contributed by atoms with Gasteiger partial charge in [0.25, 0.3) is 0 Å². The van der Waals surface area contributed by atoms with Crippen LogP contribution in [0.1, 0.15) is 23.1 Å². The van der Waals surface area contributed by atoms with E-state index in [0.29, 0.717) is 18.7 Å². The monoisotopic (exact) mass is 531 g/mol. The third kappa shape index (κ3) is 4.99. The third-order valence-corrected chi connectivity index (χ3v) is 11.3. The van der Waals surface area contributed by atoms with Crippen LogP contribution in [0.25, 0.3) is 0 Å². The van der Waals surface area contributed by atoms with E-state index < -0.39 is 24.4 Å². The molecule has 4 aromatic carbocycles. The summed E-state index contributed by atoms with van der Waals surface area (Å²) in [5, 5.41) is 0. The van der Waals surface area contributed by atoms with Crippen molar-refractivity contribution in [3.8, 4) is 0 Å². The SMILES string of the molecule is O=S(=O)(CCC1(S(=O)(=O)c2ccccc2)CN(Cc2ccccc2)Cc2ccccc21)c1ccccc1. The zero-order valence-electron chi connectivity index (χ0n) is 20.4. The quantitative estimate of drug-likeness (QED) is 0.311. The second-order valence-electron chi connectivity index (χ2n) is 9.48. The maximum atomic E-state index is 14.5. The Morgan fingerprint density at radius 1 is 0.649 bits per heavy atom. The minimum atomic E-state index is -3.97. The van der Waals surface area contributed by atoms with Crippen LogP contribution in [0.5, 0.6) is 0 Å². The molecule has 7 heteroatoms. The maximum absolute atomic E-state index is 14.5. The van der Waals surface area contributed by atoms with Crippen LogP contribution in [0, 0.1) is 0 Å². The number of fused-ring (bicyclic) bond motifs is 1. The molecule has 0 saturated carbocycles. The molecule has 0 aliphatic carbocycles. The van der Waals surface area contributed by atoms with Gasteiger partial charge in [-0.2, -0.15) is 0 Å². The zero-order chi connectivity index (χ0) is 25.9. The second kappa shape index (κ2) is 10.2. The molecule has 0 fully saturated rings. The lowest BCUT2D eigenvalue weighted by molar-refractivity contribution is 0.201. The van der Waals surface area contributed by atoms with Gasteiger partial charge in [0, 0.05) is 19.6 Å². The Balaban J connectivity index is 1.63. The van der Waals surface area contributed by atoms with Gasteiger partial charge < -0.3 is 0 Å². The predicted molar refractivity (Wildman–Crippen MR) is 145 cm³/mol. The van der Waals surface area contributed by atoms with Crippen molar-refractivity contribution >= 4 is 19.7 Å². The first-order chi connectivity index (χ1) is 17.8. The molecular formula is C30H29NO4S2. The fraction of sp³-hybridized carbons (Fsp3) is 0.200. The van der Waals surface area contributed by atoms with Crippen LogP contribution in [0.4, 0.5) is 0 Å². The fourth-order valence-electron chi connectivity index (χ4n) is 5.25. The third-order valence-electron chi connectivity index (χ3n) is 7.08. The predicted octanol–water partition coefficient (Wildman–Crippen LogP) is 5.24. The molecule has 5 rings (SSSR count). The van der Waals surface area contributed by atoms with Gasteiger partial charge in [0.15, 0.2) is 19.7 Å². The summed E-state index contributed by atoms with van der Waals surface area (Å²) in [5.74, 6) is -0.281. The van der Waals surface area contributed by atoms with Crippen LogP contribution in [0.15, 0.2) is 125 Å². The second-order valence-corrected chi connectivity index (χ2v) is 13.8. The number of nitrogens with zero attached hydrogens (tertiary/aromatic N) is 1. The smallest absolute Gasteiger partial charge is 0.189 e. The molecule has 1 aliphatic heterocycles. The first-order valence-corrected chi connectivity index (χ1v) is 15.4. The number of hydrogen-bond acceptors (Lipinski definition) is 5. The van der Waals surface area contributed by atoms with Gasteiger partial charge in [-0.25, -0.2) is 16.8 Å². The number of hydrogen-bond donors (Lipinski definition) is 0. The van der Waals surface area contributed by atoms with E-state index in [1.807, 2.05) is 54.6 Å². The Bertz CT molecular complexity index is 1570. The first-order valence-electron chi connectivity index (χ1n) is 12.2. The summed E-state index contributed by atoms with van der Waals surface area (Å²) in [5.41, 5.74) is 2.66. The van der Waals surface area contributed by atoms with Crippen molar-refractivity contribution in [3.63, 3.8) is 0 Å². The maximum Gasteiger partial charge on any atom is 0.189 e. The topological polar surface area (TPSA) is 71.5 Å². The number of sulfone groups is 2. The van der Waals surface area contributed by atoms with E-state index in [9.17, 15) is 16.8 Å². The lowest BCUT2D eigenvalue weighted by Crippen LogP contribution is -2.51. The summed E-state index contributed by atoms with van der Waals surface area (Å²) < 4.78 is 54.3. The van der Waals surface area contributed by atoms with E-state index in [0.717, 1.165) is 11.1 Å². The molecule has 0 bridgehead atoms. The van der Waals surface area contributed by atoms with Gasteiger partial charge in [0.05, 0.1) is 15.5 Å². The van der Waals surface area contributed by atoms with Gasteiger partial charge in [-0.15, -0.1) is 0 Å². The lowest BCUT2D eigenvalue weighted by atomic mass is 9.86. The fourth-order valence-corrected chi connectivity index (χ4v) is 8.98. The van der Waals surface area contributed by atoms with Gasteiger partial charge in [-0.05, 0) is 47.4 Å². The molecular weight excluding hydrogens is 502 g/mol. The zero-order valence-corrected chi connectivity index (χ0v) is 22.0. The number of benzene rings is 4. The minimum Gasteiger partial charge on any atom is -0.293 e. The molecule has 0 spiro atoms. The van der Waals surface area contributed by atoms with Crippen LogP contribution in [0.3, 0.4) is 0 Å². The molecule has 4 aromatic rings. The average molecular weight is 532 g/mol. The van der Waals surface area contributed by atoms with Crippen LogP contribution < -0.4 is 0 Å². The molecule has 37 heavy (non-hydrogen) atoms. The summed E-state index contributed by atoms with van der Waals surface area (Å²) in [6.45, 7) is 1.34. The Hall–Kier alpha value is -3.26. The molecule has 190 valence electrons. The van der Waals surface area contributed by atoms with Crippen molar-refractivity contribution in [1.29, 1.82) is 0 Å². The van der Waals surface area contributed by atoms with Gasteiger partial charge in [0.2, 0.25) is 0 Å². The molecule has 0 aromatic heterocycles.